The predicted octanol–water partition coefficient (Wildman–Crippen LogP) is 3.05. The fourth-order valence-electron chi connectivity index (χ4n) is 3.24. The van der Waals surface area contributed by atoms with Crippen LogP contribution in [0.5, 0.6) is 0 Å². The van der Waals surface area contributed by atoms with Crippen LogP contribution in [0.2, 0.25) is 0 Å². The van der Waals surface area contributed by atoms with Crippen LogP contribution in [0.3, 0.4) is 0 Å². The molecule has 1 atom stereocenters. The van der Waals surface area contributed by atoms with Crippen LogP contribution in [-0.2, 0) is 20.9 Å². The fraction of sp³-hybridized carbons (Fsp3) is 0.227. The minimum Gasteiger partial charge on any atom is -0.465 e. The SMILES string of the molecule is COC(=O)c1ccc(CNC(=O)CC2c3ccccc3C=CN2C(C)=O)cc1. The van der Waals surface area contributed by atoms with Crippen LogP contribution in [0, 0.1) is 0 Å². The van der Waals surface area contributed by atoms with E-state index in [9.17, 15) is 14.4 Å². The van der Waals surface area contributed by atoms with Crippen LogP contribution >= 0.6 is 0 Å². The van der Waals surface area contributed by atoms with Crippen molar-refractivity contribution in [2.45, 2.75) is 25.9 Å². The van der Waals surface area contributed by atoms with Gasteiger partial charge in [-0.25, -0.2) is 4.79 Å². The molecule has 1 unspecified atom stereocenters. The van der Waals surface area contributed by atoms with Gasteiger partial charge >= 0.3 is 5.97 Å². The first kappa shape index (κ1) is 19.4. The molecule has 1 aliphatic rings. The standard InChI is InChI=1S/C22H22N2O4/c1-15(25)24-12-11-17-5-3-4-6-19(17)20(24)13-21(26)23-14-16-7-9-18(10-8-16)22(27)28-2/h3-12,20H,13-14H2,1-2H3,(H,23,26). The predicted molar refractivity (Wildman–Crippen MR) is 105 cm³/mol. The number of fused-ring (bicyclic) bond motifs is 1. The van der Waals surface area contributed by atoms with E-state index in [4.69, 9.17) is 0 Å². The Morgan fingerprint density at radius 3 is 2.46 bits per heavy atom. The van der Waals surface area contributed by atoms with Crippen molar-refractivity contribution >= 4 is 23.9 Å². The molecule has 6 heteroatoms. The summed E-state index contributed by atoms with van der Waals surface area (Å²) < 4.78 is 4.67. The number of methoxy groups -OCH3 is 1. The van der Waals surface area contributed by atoms with Gasteiger partial charge in [0.15, 0.2) is 0 Å². The van der Waals surface area contributed by atoms with Crippen molar-refractivity contribution in [3.05, 3.63) is 77.0 Å². The van der Waals surface area contributed by atoms with Crippen molar-refractivity contribution in [1.29, 1.82) is 0 Å². The fourth-order valence-corrected chi connectivity index (χ4v) is 3.24. The number of amides is 2. The first-order valence-corrected chi connectivity index (χ1v) is 8.99. The zero-order valence-electron chi connectivity index (χ0n) is 15.8. The number of carbonyl (C=O) groups excluding carboxylic acids is 3. The van der Waals surface area contributed by atoms with Crippen LogP contribution in [0.4, 0.5) is 0 Å². The third kappa shape index (κ3) is 4.28. The van der Waals surface area contributed by atoms with Gasteiger partial charge in [-0.1, -0.05) is 36.4 Å². The molecule has 0 bridgehead atoms. The summed E-state index contributed by atoms with van der Waals surface area (Å²) in [4.78, 5) is 37.6. The highest BCUT2D eigenvalue weighted by atomic mass is 16.5. The maximum Gasteiger partial charge on any atom is 0.337 e. The summed E-state index contributed by atoms with van der Waals surface area (Å²) in [6.45, 7) is 1.83. The number of carbonyl (C=O) groups is 3. The first-order chi connectivity index (χ1) is 13.5. The molecule has 1 heterocycles. The average molecular weight is 378 g/mol. The lowest BCUT2D eigenvalue weighted by Gasteiger charge is -2.32. The zero-order valence-corrected chi connectivity index (χ0v) is 15.8. The highest BCUT2D eigenvalue weighted by Gasteiger charge is 2.28. The van der Waals surface area contributed by atoms with Crippen molar-refractivity contribution in [3.63, 3.8) is 0 Å². The van der Waals surface area contributed by atoms with Gasteiger partial charge in [0, 0.05) is 19.7 Å². The van der Waals surface area contributed by atoms with Gasteiger partial charge in [-0.2, -0.15) is 0 Å². The number of hydrogen-bond acceptors (Lipinski definition) is 4. The summed E-state index contributed by atoms with van der Waals surface area (Å²) in [5, 5.41) is 2.88. The molecule has 144 valence electrons. The topological polar surface area (TPSA) is 75.7 Å². The molecule has 0 aromatic heterocycles. The molecule has 0 fully saturated rings. The lowest BCUT2D eigenvalue weighted by molar-refractivity contribution is -0.130. The Kier molecular flexibility index (Phi) is 5.89. The van der Waals surface area contributed by atoms with E-state index in [1.54, 1.807) is 35.4 Å². The molecular weight excluding hydrogens is 356 g/mol. The Labute approximate surface area is 163 Å². The van der Waals surface area contributed by atoms with Gasteiger partial charge in [0.25, 0.3) is 0 Å². The number of nitrogens with one attached hydrogen (secondary N) is 1. The van der Waals surface area contributed by atoms with Crippen molar-refractivity contribution in [2.75, 3.05) is 7.11 Å². The molecule has 0 spiro atoms. The quantitative estimate of drug-likeness (QED) is 0.812. The lowest BCUT2D eigenvalue weighted by Crippen LogP contribution is -2.35. The Bertz CT molecular complexity index is 918. The summed E-state index contributed by atoms with van der Waals surface area (Å²) in [7, 11) is 1.33. The molecule has 28 heavy (non-hydrogen) atoms. The monoisotopic (exact) mass is 378 g/mol. The minimum atomic E-state index is -0.399. The Morgan fingerprint density at radius 1 is 1.07 bits per heavy atom. The molecule has 6 nitrogen and oxygen atoms in total. The lowest BCUT2D eigenvalue weighted by atomic mass is 9.93. The van der Waals surface area contributed by atoms with Gasteiger partial charge in [-0.15, -0.1) is 0 Å². The van der Waals surface area contributed by atoms with Crippen LogP contribution < -0.4 is 5.32 Å². The van der Waals surface area contributed by atoms with E-state index in [-0.39, 0.29) is 24.3 Å². The Balaban J connectivity index is 1.65. The van der Waals surface area contributed by atoms with Gasteiger partial charge in [0.2, 0.25) is 11.8 Å². The molecule has 2 aromatic rings. The molecule has 0 aliphatic carbocycles. The van der Waals surface area contributed by atoms with E-state index < -0.39 is 5.97 Å². The van der Waals surface area contributed by atoms with Gasteiger partial charge in [0.1, 0.15) is 0 Å². The van der Waals surface area contributed by atoms with Gasteiger partial charge in [-0.05, 0) is 34.9 Å². The summed E-state index contributed by atoms with van der Waals surface area (Å²) in [6.07, 6.45) is 3.78. The molecular formula is C22H22N2O4. The number of nitrogens with zero attached hydrogens (tertiary/aromatic N) is 1. The summed E-state index contributed by atoms with van der Waals surface area (Å²) >= 11 is 0. The highest BCUT2D eigenvalue weighted by molar-refractivity contribution is 5.89. The van der Waals surface area contributed by atoms with E-state index in [2.05, 4.69) is 10.1 Å². The highest BCUT2D eigenvalue weighted by Crippen LogP contribution is 2.32. The maximum atomic E-state index is 12.5. The zero-order chi connectivity index (χ0) is 20.1. The number of esters is 1. The molecule has 2 amide bonds. The number of hydrogen-bond donors (Lipinski definition) is 1. The normalized spacial score (nSPS) is 14.9. The summed E-state index contributed by atoms with van der Waals surface area (Å²) in [6, 6.07) is 14.3. The summed E-state index contributed by atoms with van der Waals surface area (Å²) in [5.41, 5.74) is 3.29. The van der Waals surface area contributed by atoms with Crippen molar-refractivity contribution < 1.29 is 19.1 Å². The van der Waals surface area contributed by atoms with E-state index >= 15 is 0 Å². The van der Waals surface area contributed by atoms with Crippen molar-refractivity contribution in [3.8, 4) is 0 Å². The van der Waals surface area contributed by atoms with Gasteiger partial charge in [0.05, 0.1) is 25.1 Å². The second-order valence-corrected chi connectivity index (χ2v) is 6.56. The molecule has 0 radical (unpaired) electrons. The van der Waals surface area contributed by atoms with Gasteiger partial charge in [-0.3, -0.25) is 9.59 Å². The van der Waals surface area contributed by atoms with E-state index in [1.165, 1.54) is 14.0 Å². The molecule has 1 N–H and O–H groups in total. The number of benzene rings is 2. The molecule has 0 saturated heterocycles. The van der Waals surface area contributed by atoms with Crippen LogP contribution in [-0.4, -0.2) is 29.8 Å². The van der Waals surface area contributed by atoms with E-state index in [0.29, 0.717) is 12.1 Å². The first-order valence-electron chi connectivity index (χ1n) is 8.99. The van der Waals surface area contributed by atoms with E-state index in [1.807, 2.05) is 30.3 Å². The third-order valence-electron chi connectivity index (χ3n) is 4.71. The number of ether oxygens (including phenoxy) is 1. The van der Waals surface area contributed by atoms with Crippen LogP contribution in [0.15, 0.2) is 54.7 Å². The van der Waals surface area contributed by atoms with Crippen molar-refractivity contribution in [2.24, 2.45) is 0 Å². The van der Waals surface area contributed by atoms with Crippen LogP contribution in [0.25, 0.3) is 6.08 Å². The number of rotatable bonds is 5. The van der Waals surface area contributed by atoms with Crippen molar-refractivity contribution in [1.82, 2.24) is 10.2 Å². The third-order valence-corrected chi connectivity index (χ3v) is 4.71. The van der Waals surface area contributed by atoms with Gasteiger partial charge < -0.3 is 15.0 Å². The molecule has 0 saturated carbocycles. The molecule has 1 aliphatic heterocycles. The summed E-state index contributed by atoms with van der Waals surface area (Å²) in [5.74, 6) is -0.663. The molecule has 3 rings (SSSR count). The Morgan fingerprint density at radius 2 is 1.79 bits per heavy atom. The van der Waals surface area contributed by atoms with E-state index in [0.717, 1.165) is 16.7 Å². The Hall–Kier alpha value is -3.41. The van der Waals surface area contributed by atoms with Crippen LogP contribution in [0.1, 0.15) is 46.4 Å². The maximum absolute atomic E-state index is 12.5. The second-order valence-electron chi connectivity index (χ2n) is 6.56. The average Bonchev–Trinajstić information content (AvgIpc) is 2.72. The second kappa shape index (κ2) is 8.52. The smallest absolute Gasteiger partial charge is 0.337 e. The minimum absolute atomic E-state index is 0.109. The molecule has 2 aromatic carbocycles. The largest absolute Gasteiger partial charge is 0.465 e.